The Kier molecular flexibility index (Phi) is 4.42. The third-order valence-electron chi connectivity index (χ3n) is 4.90. The normalized spacial score (nSPS) is 19.0. The third kappa shape index (κ3) is 3.12. The number of aryl methyl sites for hydroxylation is 1. The highest BCUT2D eigenvalue weighted by atomic mass is 16.3. The maximum atomic E-state index is 12.8. The van der Waals surface area contributed by atoms with Crippen LogP contribution in [0, 0.1) is 12.8 Å². The van der Waals surface area contributed by atoms with Gasteiger partial charge in [-0.1, -0.05) is 18.2 Å². The molecule has 1 unspecified atom stereocenters. The lowest BCUT2D eigenvalue weighted by molar-refractivity contribution is 0.0865. The fourth-order valence-electron chi connectivity index (χ4n) is 3.42. The average Bonchev–Trinajstić information content (AvgIpc) is 2.57. The number of carbonyl (C=O) groups excluding carboxylic acids is 1. The van der Waals surface area contributed by atoms with Crippen molar-refractivity contribution in [3.63, 3.8) is 0 Å². The summed E-state index contributed by atoms with van der Waals surface area (Å²) in [4.78, 5) is 14.8. The molecule has 1 heterocycles. The summed E-state index contributed by atoms with van der Waals surface area (Å²) in [5.41, 5.74) is 1.54. The Morgan fingerprint density at radius 2 is 2.09 bits per heavy atom. The predicted octanol–water partition coefficient (Wildman–Crippen LogP) is 2.86. The van der Waals surface area contributed by atoms with E-state index < -0.39 is 7.05 Å². The van der Waals surface area contributed by atoms with Crippen LogP contribution in [0.4, 0.5) is 0 Å². The second kappa shape index (κ2) is 6.34. The summed E-state index contributed by atoms with van der Waals surface area (Å²) in [7, 11) is -0.507. The van der Waals surface area contributed by atoms with Crippen LogP contribution in [-0.2, 0) is 0 Å². The zero-order chi connectivity index (χ0) is 16.6. The number of ketones is 1. The molecule has 1 aliphatic heterocycles. The van der Waals surface area contributed by atoms with Gasteiger partial charge in [-0.15, -0.1) is 0 Å². The first kappa shape index (κ1) is 16.0. The molecular weight excluding hydrogens is 289 g/mol. The Morgan fingerprint density at radius 3 is 2.83 bits per heavy atom. The van der Waals surface area contributed by atoms with Gasteiger partial charge in [0.15, 0.2) is 5.78 Å². The molecule has 0 spiro atoms. The first-order chi connectivity index (χ1) is 11.0. The molecule has 1 aliphatic rings. The van der Waals surface area contributed by atoms with E-state index in [0.29, 0.717) is 12.1 Å². The number of hydrogen-bond donors (Lipinski definition) is 2. The van der Waals surface area contributed by atoms with Gasteiger partial charge in [-0.25, -0.2) is 0 Å². The first-order valence-electron chi connectivity index (χ1n) is 8.16. The topological polar surface area (TPSA) is 60.8 Å². The number of phenolic OH excluding ortho intramolecular Hbond substituents is 1. The van der Waals surface area contributed by atoms with E-state index in [1.807, 2.05) is 36.0 Å². The Balaban J connectivity index is 1.88. The summed E-state index contributed by atoms with van der Waals surface area (Å²) in [5.74, 6) is 0.355. The number of fused-ring (bicyclic) bond motifs is 1. The highest BCUT2D eigenvalue weighted by Crippen LogP contribution is 2.28. The van der Waals surface area contributed by atoms with Crippen molar-refractivity contribution in [1.29, 1.82) is 0 Å². The van der Waals surface area contributed by atoms with Crippen LogP contribution in [0.15, 0.2) is 30.3 Å². The molecule has 5 heteroatoms. The third-order valence-corrected chi connectivity index (χ3v) is 4.90. The smallest absolute Gasteiger partial charge is 0.376 e. The molecule has 2 aromatic rings. The molecular formula is C18H22BNO3. The lowest BCUT2D eigenvalue weighted by Gasteiger charge is -2.32. The number of nitrogens with zero attached hydrogens (tertiary/aromatic N) is 1. The van der Waals surface area contributed by atoms with Gasteiger partial charge in [0.2, 0.25) is 0 Å². The first-order valence-corrected chi connectivity index (χ1v) is 8.16. The van der Waals surface area contributed by atoms with Crippen molar-refractivity contribution in [2.45, 2.75) is 26.6 Å². The highest BCUT2D eigenvalue weighted by Gasteiger charge is 2.29. The number of hydrogen-bond acceptors (Lipinski definition) is 4. The molecule has 0 amide bonds. The van der Waals surface area contributed by atoms with Crippen LogP contribution in [0.2, 0.25) is 6.82 Å². The number of phenols is 1. The van der Waals surface area contributed by atoms with Crippen LogP contribution < -0.4 is 0 Å². The van der Waals surface area contributed by atoms with E-state index in [1.165, 1.54) is 0 Å². The lowest BCUT2D eigenvalue weighted by Crippen LogP contribution is -2.46. The summed E-state index contributed by atoms with van der Waals surface area (Å²) in [6.45, 7) is 5.08. The summed E-state index contributed by atoms with van der Waals surface area (Å²) in [6, 6.07) is 9.18. The Bertz CT molecular complexity index is 744. The summed E-state index contributed by atoms with van der Waals surface area (Å²) in [5, 5.41) is 21.5. The number of carbonyl (C=O) groups is 1. The minimum absolute atomic E-state index is 0.0611. The number of aromatic hydroxyl groups is 1. The molecule has 4 nitrogen and oxygen atoms in total. The monoisotopic (exact) mass is 311 g/mol. The van der Waals surface area contributed by atoms with E-state index >= 15 is 0 Å². The SMILES string of the molecule is CB(O)N1CCCC(C(=O)c2ccc3c(C)c(O)ccc3c2)C1. The summed E-state index contributed by atoms with van der Waals surface area (Å²) >= 11 is 0. The zero-order valence-electron chi connectivity index (χ0n) is 13.6. The molecule has 3 rings (SSSR count). The fourth-order valence-corrected chi connectivity index (χ4v) is 3.42. The minimum atomic E-state index is -0.507. The molecule has 0 radical (unpaired) electrons. The second-order valence-electron chi connectivity index (χ2n) is 6.48. The molecule has 120 valence electrons. The maximum absolute atomic E-state index is 12.8. The van der Waals surface area contributed by atoms with Crippen molar-refractivity contribution in [1.82, 2.24) is 4.81 Å². The number of piperidine rings is 1. The predicted molar refractivity (Wildman–Crippen MR) is 92.8 cm³/mol. The van der Waals surface area contributed by atoms with Gasteiger partial charge in [0.25, 0.3) is 0 Å². The van der Waals surface area contributed by atoms with Crippen molar-refractivity contribution < 1.29 is 14.9 Å². The molecule has 2 N–H and O–H groups in total. The molecule has 0 bridgehead atoms. The number of Topliss-reactive ketones (excluding diaryl/α,β-unsaturated/α-hetero) is 1. The van der Waals surface area contributed by atoms with Crippen LogP contribution in [0.25, 0.3) is 10.8 Å². The lowest BCUT2D eigenvalue weighted by atomic mass is 9.79. The number of rotatable bonds is 3. The summed E-state index contributed by atoms with van der Waals surface area (Å²) < 4.78 is 0. The van der Waals surface area contributed by atoms with Gasteiger partial charge < -0.3 is 14.9 Å². The van der Waals surface area contributed by atoms with Gasteiger partial charge >= 0.3 is 7.05 Å². The van der Waals surface area contributed by atoms with Crippen LogP contribution >= 0.6 is 0 Å². The Hall–Kier alpha value is -1.85. The molecule has 1 fully saturated rings. The Labute approximate surface area is 136 Å². The van der Waals surface area contributed by atoms with Crippen molar-refractivity contribution in [2.75, 3.05) is 13.1 Å². The van der Waals surface area contributed by atoms with Crippen molar-refractivity contribution in [2.24, 2.45) is 5.92 Å². The van der Waals surface area contributed by atoms with Crippen LogP contribution in [0.1, 0.15) is 28.8 Å². The van der Waals surface area contributed by atoms with Crippen LogP contribution in [-0.4, -0.2) is 40.9 Å². The quantitative estimate of drug-likeness (QED) is 0.676. The van der Waals surface area contributed by atoms with E-state index in [-0.39, 0.29) is 17.5 Å². The summed E-state index contributed by atoms with van der Waals surface area (Å²) in [6.07, 6.45) is 1.80. The van der Waals surface area contributed by atoms with E-state index in [9.17, 15) is 14.9 Å². The molecule has 0 saturated carbocycles. The van der Waals surface area contributed by atoms with Gasteiger partial charge in [0.05, 0.1) is 0 Å². The van der Waals surface area contributed by atoms with Gasteiger partial charge in [-0.05, 0) is 68.1 Å². The highest BCUT2D eigenvalue weighted by molar-refractivity contribution is 6.45. The van der Waals surface area contributed by atoms with Gasteiger partial charge in [0.1, 0.15) is 5.75 Å². The standard InChI is InChI=1S/C18H22BNO3/c1-12-16-7-5-14(10-13(16)6-8-17(12)21)18(22)15-4-3-9-20(11-15)19(2)23/h5-8,10,15,21,23H,3-4,9,11H2,1-2H3. The molecule has 23 heavy (non-hydrogen) atoms. The molecule has 2 aromatic carbocycles. The Morgan fingerprint density at radius 1 is 1.30 bits per heavy atom. The van der Waals surface area contributed by atoms with Gasteiger partial charge in [-0.3, -0.25) is 4.79 Å². The molecule has 0 aliphatic carbocycles. The van der Waals surface area contributed by atoms with Crippen molar-refractivity contribution in [3.8, 4) is 5.75 Å². The maximum Gasteiger partial charge on any atom is 0.376 e. The van der Waals surface area contributed by atoms with E-state index in [4.69, 9.17) is 0 Å². The van der Waals surface area contributed by atoms with E-state index in [1.54, 1.807) is 12.9 Å². The zero-order valence-corrected chi connectivity index (χ0v) is 13.6. The van der Waals surface area contributed by atoms with Crippen molar-refractivity contribution in [3.05, 3.63) is 41.5 Å². The van der Waals surface area contributed by atoms with Gasteiger partial charge in [-0.2, -0.15) is 0 Å². The average molecular weight is 311 g/mol. The number of benzene rings is 2. The molecule has 0 aromatic heterocycles. The largest absolute Gasteiger partial charge is 0.508 e. The molecule has 1 saturated heterocycles. The van der Waals surface area contributed by atoms with E-state index in [2.05, 4.69) is 0 Å². The van der Waals surface area contributed by atoms with E-state index in [0.717, 1.165) is 35.7 Å². The fraction of sp³-hybridized carbons (Fsp3) is 0.389. The minimum Gasteiger partial charge on any atom is -0.508 e. The van der Waals surface area contributed by atoms with Crippen LogP contribution in [0.3, 0.4) is 0 Å². The molecule has 1 atom stereocenters. The second-order valence-corrected chi connectivity index (χ2v) is 6.48. The van der Waals surface area contributed by atoms with Crippen LogP contribution in [0.5, 0.6) is 5.75 Å². The van der Waals surface area contributed by atoms with Crippen molar-refractivity contribution >= 4 is 23.6 Å². The van der Waals surface area contributed by atoms with Gasteiger partial charge in [0, 0.05) is 11.5 Å².